The average Bonchev–Trinajstić information content (AvgIpc) is 2.46. The first kappa shape index (κ1) is 19.5. The lowest BCUT2D eigenvalue weighted by Crippen LogP contribution is -2.17. The zero-order valence-corrected chi connectivity index (χ0v) is 13.7. The van der Waals surface area contributed by atoms with E-state index in [1.54, 1.807) is 6.92 Å². The molecule has 0 amide bonds. The fraction of sp³-hybridized carbons (Fsp3) is 0.765. The van der Waals surface area contributed by atoms with Gasteiger partial charge in [-0.15, -0.1) is 0 Å². The molecule has 0 bridgehead atoms. The summed E-state index contributed by atoms with van der Waals surface area (Å²) < 4.78 is 9.95. The van der Waals surface area contributed by atoms with Crippen LogP contribution in [0.3, 0.4) is 0 Å². The minimum absolute atomic E-state index is 0.116. The van der Waals surface area contributed by atoms with Gasteiger partial charge in [0, 0.05) is 18.8 Å². The molecule has 120 valence electrons. The van der Waals surface area contributed by atoms with E-state index in [4.69, 9.17) is 9.47 Å². The summed E-state index contributed by atoms with van der Waals surface area (Å²) in [5.41, 5.74) is 0. The summed E-state index contributed by atoms with van der Waals surface area (Å²) in [6, 6.07) is 0. The number of hydrogen-bond donors (Lipinski definition) is 0. The fourth-order valence-corrected chi connectivity index (χ4v) is 1.84. The molecule has 2 unspecified atom stereocenters. The van der Waals surface area contributed by atoms with Crippen molar-refractivity contribution >= 4 is 11.9 Å². The van der Waals surface area contributed by atoms with Gasteiger partial charge in [-0.2, -0.15) is 0 Å². The molecule has 21 heavy (non-hydrogen) atoms. The number of rotatable bonds is 9. The van der Waals surface area contributed by atoms with Crippen LogP contribution in [0.1, 0.15) is 59.8 Å². The number of ether oxygens (including phenoxy) is 2. The van der Waals surface area contributed by atoms with Crippen LogP contribution in [0.5, 0.6) is 0 Å². The smallest absolute Gasteiger partial charge is 0.384 e. The highest BCUT2D eigenvalue weighted by molar-refractivity contribution is 5.88. The number of carbonyl (C=O) groups excluding carboxylic acids is 2. The second-order valence-corrected chi connectivity index (χ2v) is 5.15. The van der Waals surface area contributed by atoms with Crippen LogP contribution in [0.2, 0.25) is 0 Å². The van der Waals surface area contributed by atoms with Crippen molar-refractivity contribution in [1.82, 2.24) is 0 Å². The van der Waals surface area contributed by atoms with Gasteiger partial charge in [0.15, 0.2) is 0 Å². The van der Waals surface area contributed by atoms with Crippen LogP contribution < -0.4 is 0 Å². The molecule has 0 aliphatic heterocycles. The molecule has 2 atom stereocenters. The predicted octanol–water partition coefficient (Wildman–Crippen LogP) is 3.34. The Hall–Kier alpha value is -1.50. The van der Waals surface area contributed by atoms with Gasteiger partial charge >= 0.3 is 11.9 Å². The van der Waals surface area contributed by atoms with Gasteiger partial charge in [-0.05, 0) is 25.2 Å². The lowest BCUT2D eigenvalue weighted by Gasteiger charge is -2.19. The monoisotopic (exact) mass is 296 g/mol. The fourth-order valence-electron chi connectivity index (χ4n) is 1.84. The molecule has 0 aromatic carbocycles. The van der Waals surface area contributed by atoms with Gasteiger partial charge in [0.1, 0.15) is 0 Å². The van der Waals surface area contributed by atoms with Crippen molar-refractivity contribution in [1.29, 1.82) is 0 Å². The summed E-state index contributed by atoms with van der Waals surface area (Å²) in [4.78, 5) is 23.0. The molecule has 0 aromatic heterocycles. The molecule has 4 heteroatoms. The molecule has 0 spiro atoms. The third-order valence-corrected chi connectivity index (χ3v) is 3.47. The van der Waals surface area contributed by atoms with Crippen LogP contribution in [0, 0.1) is 23.7 Å². The van der Waals surface area contributed by atoms with Gasteiger partial charge in [-0.3, -0.25) is 4.79 Å². The molecule has 4 nitrogen and oxygen atoms in total. The number of carbonyl (C=O) groups is 2. The normalized spacial score (nSPS) is 12.8. The standard InChI is InChI=1S/C17H28O4/c1-5-8-12-21-16(18)11-9-10-15(14(4)6-2)13-17(19)20-7-3/h14-15H,5-8,10,12-13H2,1-4H3. The first-order valence-corrected chi connectivity index (χ1v) is 7.86. The van der Waals surface area contributed by atoms with Crippen LogP contribution in [-0.2, 0) is 19.1 Å². The largest absolute Gasteiger partial charge is 0.466 e. The Bertz CT molecular complexity index is 365. The summed E-state index contributed by atoms with van der Waals surface area (Å²) in [5, 5.41) is 0. The van der Waals surface area contributed by atoms with Gasteiger partial charge in [-0.25, -0.2) is 4.79 Å². The Morgan fingerprint density at radius 2 is 1.86 bits per heavy atom. The molecular weight excluding hydrogens is 268 g/mol. The van der Waals surface area contributed by atoms with E-state index >= 15 is 0 Å². The summed E-state index contributed by atoms with van der Waals surface area (Å²) in [6.07, 6.45) is 3.66. The van der Waals surface area contributed by atoms with E-state index in [1.165, 1.54) is 0 Å². The first-order chi connectivity index (χ1) is 10.0. The molecule has 0 saturated carbocycles. The molecule has 0 aliphatic carbocycles. The third-order valence-electron chi connectivity index (χ3n) is 3.47. The molecular formula is C17H28O4. The van der Waals surface area contributed by atoms with Crippen LogP contribution in [0.25, 0.3) is 0 Å². The van der Waals surface area contributed by atoms with Crippen molar-refractivity contribution in [3.63, 3.8) is 0 Å². The van der Waals surface area contributed by atoms with Gasteiger partial charge in [-0.1, -0.05) is 39.5 Å². The zero-order valence-electron chi connectivity index (χ0n) is 13.7. The lowest BCUT2D eigenvalue weighted by atomic mass is 9.86. The SMILES string of the molecule is CCCCOC(=O)C#CCC(CC(=O)OCC)C(C)CC. The van der Waals surface area contributed by atoms with E-state index in [9.17, 15) is 9.59 Å². The number of esters is 2. The van der Waals surface area contributed by atoms with Crippen LogP contribution in [-0.4, -0.2) is 25.2 Å². The van der Waals surface area contributed by atoms with Crippen molar-refractivity contribution in [2.24, 2.45) is 11.8 Å². The topological polar surface area (TPSA) is 52.6 Å². The Labute approximate surface area is 128 Å². The van der Waals surface area contributed by atoms with E-state index in [1.807, 2.05) is 6.92 Å². The van der Waals surface area contributed by atoms with E-state index in [2.05, 4.69) is 25.7 Å². The van der Waals surface area contributed by atoms with Gasteiger partial charge in [0.25, 0.3) is 0 Å². The highest BCUT2D eigenvalue weighted by Gasteiger charge is 2.19. The van der Waals surface area contributed by atoms with E-state index in [-0.39, 0.29) is 11.9 Å². The Morgan fingerprint density at radius 1 is 1.14 bits per heavy atom. The molecule has 0 saturated heterocycles. The highest BCUT2D eigenvalue weighted by Crippen LogP contribution is 2.22. The quantitative estimate of drug-likeness (QED) is 0.283. The molecule has 0 aliphatic rings. The van der Waals surface area contributed by atoms with Crippen LogP contribution in [0.15, 0.2) is 0 Å². The number of hydrogen-bond acceptors (Lipinski definition) is 4. The molecule has 0 aromatic rings. The maximum atomic E-state index is 11.6. The van der Waals surface area contributed by atoms with Crippen molar-refractivity contribution in [3.05, 3.63) is 0 Å². The Balaban J connectivity index is 4.35. The Kier molecular flexibility index (Phi) is 11.4. The summed E-state index contributed by atoms with van der Waals surface area (Å²) in [5.74, 6) is 5.13. The Morgan fingerprint density at radius 3 is 2.43 bits per heavy atom. The molecule has 0 fully saturated rings. The minimum Gasteiger partial charge on any atom is -0.466 e. The van der Waals surface area contributed by atoms with Crippen molar-refractivity contribution in [2.45, 2.75) is 59.8 Å². The maximum Gasteiger partial charge on any atom is 0.384 e. The first-order valence-electron chi connectivity index (χ1n) is 7.86. The van der Waals surface area contributed by atoms with Gasteiger partial charge in [0.05, 0.1) is 13.2 Å². The maximum absolute atomic E-state index is 11.6. The van der Waals surface area contributed by atoms with Gasteiger partial charge in [0.2, 0.25) is 0 Å². The summed E-state index contributed by atoms with van der Waals surface area (Å²) >= 11 is 0. The average molecular weight is 296 g/mol. The highest BCUT2D eigenvalue weighted by atomic mass is 16.5. The molecule has 0 N–H and O–H groups in total. The summed E-state index contributed by atoms with van der Waals surface area (Å²) in [7, 11) is 0. The lowest BCUT2D eigenvalue weighted by molar-refractivity contribution is -0.144. The van der Waals surface area contributed by atoms with E-state index in [0.717, 1.165) is 19.3 Å². The second-order valence-electron chi connectivity index (χ2n) is 5.15. The van der Waals surface area contributed by atoms with E-state index in [0.29, 0.717) is 32.0 Å². The van der Waals surface area contributed by atoms with Crippen molar-refractivity contribution < 1.29 is 19.1 Å². The summed E-state index contributed by atoms with van der Waals surface area (Å²) in [6.45, 7) is 8.80. The number of unbranched alkanes of at least 4 members (excludes halogenated alkanes) is 1. The predicted molar refractivity (Wildman–Crippen MR) is 82.5 cm³/mol. The second kappa shape index (κ2) is 12.3. The third kappa shape index (κ3) is 9.95. The molecule has 0 radical (unpaired) electrons. The van der Waals surface area contributed by atoms with E-state index < -0.39 is 5.97 Å². The minimum atomic E-state index is -0.484. The van der Waals surface area contributed by atoms with Crippen molar-refractivity contribution in [3.8, 4) is 11.8 Å². The molecule has 0 rings (SSSR count). The van der Waals surface area contributed by atoms with Gasteiger partial charge < -0.3 is 9.47 Å². The van der Waals surface area contributed by atoms with Crippen molar-refractivity contribution in [2.75, 3.05) is 13.2 Å². The molecule has 0 heterocycles. The zero-order chi connectivity index (χ0) is 16.1. The van der Waals surface area contributed by atoms with Crippen LogP contribution >= 0.6 is 0 Å². The van der Waals surface area contributed by atoms with Crippen LogP contribution in [0.4, 0.5) is 0 Å².